The van der Waals surface area contributed by atoms with E-state index in [2.05, 4.69) is 20.3 Å². The number of benzene rings is 1. The Kier molecular flexibility index (Phi) is 3.16. The molecule has 100 valence electrons. The lowest BCUT2D eigenvalue weighted by Crippen LogP contribution is -2.23. The van der Waals surface area contributed by atoms with E-state index in [9.17, 15) is 4.79 Å². The van der Waals surface area contributed by atoms with Crippen LogP contribution in [-0.4, -0.2) is 20.9 Å². The first-order valence-electron chi connectivity index (χ1n) is 6.36. The van der Waals surface area contributed by atoms with Crippen LogP contribution in [0.1, 0.15) is 21.7 Å². The number of fused-ring (bicyclic) bond motifs is 1. The quantitative estimate of drug-likeness (QED) is 0.763. The lowest BCUT2D eigenvalue weighted by molar-refractivity contribution is 0.0952. The van der Waals surface area contributed by atoms with Crippen LogP contribution in [0.3, 0.4) is 0 Å². The summed E-state index contributed by atoms with van der Waals surface area (Å²) in [4.78, 5) is 23.7. The number of carbonyl (C=O) groups is 1. The van der Waals surface area contributed by atoms with Gasteiger partial charge in [0.05, 0.1) is 35.2 Å². The van der Waals surface area contributed by atoms with Gasteiger partial charge in [-0.15, -0.1) is 0 Å². The van der Waals surface area contributed by atoms with Gasteiger partial charge in [0.2, 0.25) is 0 Å². The Morgan fingerprint density at radius 1 is 1.25 bits per heavy atom. The van der Waals surface area contributed by atoms with Crippen LogP contribution < -0.4 is 5.32 Å². The lowest BCUT2D eigenvalue weighted by atomic mass is 10.1. The Morgan fingerprint density at radius 2 is 2.15 bits per heavy atom. The van der Waals surface area contributed by atoms with Crippen LogP contribution in [0.2, 0.25) is 0 Å². The van der Waals surface area contributed by atoms with Crippen LogP contribution in [0.4, 0.5) is 0 Å². The van der Waals surface area contributed by atoms with Crippen molar-refractivity contribution >= 4 is 16.8 Å². The van der Waals surface area contributed by atoms with Crippen LogP contribution in [0.25, 0.3) is 10.9 Å². The lowest BCUT2D eigenvalue weighted by Gasteiger charge is -2.06. The standard InChI is InChI=1S/C15H14N4O/c1-10-7-18-12(8-17-10)9-19-15(20)13-4-2-3-11-5-6-16-14(11)13/h2-8,16H,9H2,1H3,(H,19,20). The first kappa shape index (κ1) is 12.3. The van der Waals surface area contributed by atoms with Gasteiger partial charge in [-0.1, -0.05) is 12.1 Å². The van der Waals surface area contributed by atoms with Crippen LogP contribution in [0.15, 0.2) is 42.9 Å². The van der Waals surface area contributed by atoms with Gasteiger partial charge in [-0.3, -0.25) is 14.8 Å². The second kappa shape index (κ2) is 5.13. The van der Waals surface area contributed by atoms with E-state index in [0.717, 1.165) is 22.3 Å². The molecule has 5 heteroatoms. The monoisotopic (exact) mass is 266 g/mol. The number of hydrogen-bond acceptors (Lipinski definition) is 3. The number of hydrogen-bond donors (Lipinski definition) is 2. The molecule has 2 aromatic heterocycles. The summed E-state index contributed by atoms with van der Waals surface area (Å²) < 4.78 is 0. The Morgan fingerprint density at radius 3 is 2.95 bits per heavy atom. The molecule has 5 nitrogen and oxygen atoms in total. The zero-order valence-corrected chi connectivity index (χ0v) is 11.1. The number of amides is 1. The van der Waals surface area contributed by atoms with Crippen molar-refractivity contribution in [2.24, 2.45) is 0 Å². The van der Waals surface area contributed by atoms with Crippen LogP contribution >= 0.6 is 0 Å². The Hall–Kier alpha value is -2.69. The van der Waals surface area contributed by atoms with Crippen molar-refractivity contribution in [2.75, 3.05) is 0 Å². The number of aromatic amines is 1. The molecular formula is C15H14N4O. The molecule has 20 heavy (non-hydrogen) atoms. The highest BCUT2D eigenvalue weighted by atomic mass is 16.1. The molecule has 0 atom stereocenters. The number of carbonyl (C=O) groups excluding carboxylic acids is 1. The van der Waals surface area contributed by atoms with E-state index in [1.807, 2.05) is 31.3 Å². The van der Waals surface area contributed by atoms with Crippen LogP contribution in [0.5, 0.6) is 0 Å². The molecule has 0 radical (unpaired) electrons. The van der Waals surface area contributed by atoms with Crippen molar-refractivity contribution in [2.45, 2.75) is 13.5 Å². The predicted octanol–water partition coefficient (Wildman–Crippen LogP) is 2.20. The summed E-state index contributed by atoms with van der Waals surface area (Å²) >= 11 is 0. The molecule has 1 amide bonds. The SMILES string of the molecule is Cc1cnc(CNC(=O)c2cccc3cc[nH]c23)cn1. The largest absolute Gasteiger partial charge is 0.361 e. The second-order valence-electron chi connectivity index (χ2n) is 4.58. The number of aryl methyl sites for hydroxylation is 1. The first-order chi connectivity index (χ1) is 9.74. The van der Waals surface area contributed by atoms with Crippen molar-refractivity contribution in [3.63, 3.8) is 0 Å². The van der Waals surface area contributed by atoms with E-state index in [1.165, 1.54) is 0 Å². The number of aromatic nitrogens is 3. The molecule has 0 saturated heterocycles. The van der Waals surface area contributed by atoms with Gasteiger partial charge < -0.3 is 10.3 Å². The maximum atomic E-state index is 12.2. The van der Waals surface area contributed by atoms with Gasteiger partial charge in [0, 0.05) is 17.8 Å². The predicted molar refractivity (Wildman–Crippen MR) is 76.2 cm³/mol. The van der Waals surface area contributed by atoms with Gasteiger partial charge in [0.1, 0.15) is 0 Å². The highest BCUT2D eigenvalue weighted by Gasteiger charge is 2.10. The van der Waals surface area contributed by atoms with Crippen LogP contribution in [-0.2, 0) is 6.54 Å². The van der Waals surface area contributed by atoms with E-state index in [1.54, 1.807) is 18.5 Å². The van der Waals surface area contributed by atoms with E-state index in [0.29, 0.717) is 12.1 Å². The van der Waals surface area contributed by atoms with Crippen molar-refractivity contribution < 1.29 is 4.79 Å². The highest BCUT2D eigenvalue weighted by Crippen LogP contribution is 2.16. The topological polar surface area (TPSA) is 70.7 Å². The third-order valence-corrected chi connectivity index (χ3v) is 3.10. The number of rotatable bonds is 3. The first-order valence-corrected chi connectivity index (χ1v) is 6.36. The minimum atomic E-state index is -0.125. The fourth-order valence-electron chi connectivity index (χ4n) is 2.05. The third-order valence-electron chi connectivity index (χ3n) is 3.10. The summed E-state index contributed by atoms with van der Waals surface area (Å²) in [5.41, 5.74) is 3.08. The smallest absolute Gasteiger partial charge is 0.253 e. The number of para-hydroxylation sites is 1. The molecule has 0 aliphatic rings. The van der Waals surface area contributed by atoms with Gasteiger partial charge in [0.25, 0.3) is 5.91 Å². The molecule has 0 aliphatic heterocycles. The average Bonchev–Trinajstić information content (AvgIpc) is 2.94. The Balaban J connectivity index is 1.76. The molecule has 0 fully saturated rings. The molecule has 0 saturated carbocycles. The normalized spacial score (nSPS) is 10.7. The number of nitrogens with one attached hydrogen (secondary N) is 2. The summed E-state index contributed by atoms with van der Waals surface area (Å²) in [6.07, 6.45) is 5.19. The number of nitrogens with zero attached hydrogens (tertiary/aromatic N) is 2. The molecule has 1 aromatic carbocycles. The van der Waals surface area contributed by atoms with E-state index in [-0.39, 0.29) is 5.91 Å². The molecule has 2 heterocycles. The molecule has 0 bridgehead atoms. The minimum Gasteiger partial charge on any atom is -0.361 e. The Bertz CT molecular complexity index is 746. The summed E-state index contributed by atoms with van der Waals surface area (Å²) in [7, 11) is 0. The van der Waals surface area contributed by atoms with Gasteiger partial charge in [-0.25, -0.2) is 0 Å². The molecule has 0 aliphatic carbocycles. The maximum Gasteiger partial charge on any atom is 0.253 e. The van der Waals surface area contributed by atoms with Gasteiger partial charge >= 0.3 is 0 Å². The fourth-order valence-corrected chi connectivity index (χ4v) is 2.05. The van der Waals surface area contributed by atoms with Crippen molar-refractivity contribution in [3.05, 3.63) is 59.8 Å². The summed E-state index contributed by atoms with van der Waals surface area (Å²) in [6.45, 7) is 2.24. The van der Waals surface area contributed by atoms with Gasteiger partial charge in [-0.2, -0.15) is 0 Å². The van der Waals surface area contributed by atoms with Crippen LogP contribution in [0, 0.1) is 6.92 Å². The summed E-state index contributed by atoms with van der Waals surface area (Å²) in [6, 6.07) is 7.58. The van der Waals surface area contributed by atoms with E-state index in [4.69, 9.17) is 0 Å². The van der Waals surface area contributed by atoms with Gasteiger partial charge in [-0.05, 0) is 19.1 Å². The van der Waals surface area contributed by atoms with E-state index >= 15 is 0 Å². The third kappa shape index (κ3) is 2.38. The molecule has 2 N–H and O–H groups in total. The van der Waals surface area contributed by atoms with Crippen molar-refractivity contribution in [3.8, 4) is 0 Å². The zero-order chi connectivity index (χ0) is 13.9. The average molecular weight is 266 g/mol. The zero-order valence-electron chi connectivity index (χ0n) is 11.1. The molecule has 3 aromatic rings. The molecule has 0 unspecified atom stereocenters. The van der Waals surface area contributed by atoms with Gasteiger partial charge in [0.15, 0.2) is 0 Å². The number of H-pyrrole nitrogens is 1. The van der Waals surface area contributed by atoms with E-state index < -0.39 is 0 Å². The molecular weight excluding hydrogens is 252 g/mol. The summed E-state index contributed by atoms with van der Waals surface area (Å²) in [5, 5.41) is 3.88. The summed E-state index contributed by atoms with van der Waals surface area (Å²) in [5.74, 6) is -0.125. The Labute approximate surface area is 116 Å². The molecule has 0 spiro atoms. The van der Waals surface area contributed by atoms with Crippen molar-refractivity contribution in [1.29, 1.82) is 0 Å². The van der Waals surface area contributed by atoms with Crippen molar-refractivity contribution in [1.82, 2.24) is 20.3 Å². The molecule has 3 rings (SSSR count). The minimum absolute atomic E-state index is 0.125. The highest BCUT2D eigenvalue weighted by molar-refractivity contribution is 6.05. The second-order valence-corrected chi connectivity index (χ2v) is 4.58. The maximum absolute atomic E-state index is 12.2. The fraction of sp³-hybridized carbons (Fsp3) is 0.133.